The second-order valence-corrected chi connectivity index (χ2v) is 3.65. The predicted octanol–water partition coefficient (Wildman–Crippen LogP) is -1.42. The lowest BCUT2D eigenvalue weighted by Crippen LogP contribution is -2.40. The van der Waals surface area contributed by atoms with Crippen LogP contribution >= 0.6 is 0 Å². The Morgan fingerprint density at radius 3 is 2.40 bits per heavy atom. The van der Waals surface area contributed by atoms with E-state index in [0.29, 0.717) is 0 Å². The molecular weight excluding hydrogens is 200 g/mol. The number of carbonyl (C=O) groups excluding carboxylic acids is 3. The van der Waals surface area contributed by atoms with Gasteiger partial charge in [0.15, 0.2) is 0 Å². The molecule has 1 N–H and O–H groups in total. The highest BCUT2D eigenvalue weighted by Crippen LogP contribution is 2.06. The number of likely N-dealkylation sites (N-methyl/N-ethyl adjacent to an activating group) is 1. The molecule has 0 aromatic rings. The third-order valence-corrected chi connectivity index (χ3v) is 2.21. The van der Waals surface area contributed by atoms with E-state index in [4.69, 9.17) is 5.11 Å². The van der Waals surface area contributed by atoms with E-state index in [0.717, 1.165) is 4.90 Å². The van der Waals surface area contributed by atoms with Gasteiger partial charge in [-0.15, -0.1) is 0 Å². The second kappa shape index (κ2) is 4.39. The maximum atomic E-state index is 11.5. The molecule has 1 atom stereocenters. The number of β-amino-alcohol motifs (C(OH)–C–C–N with tert-alkyl or cyclic N) is 1. The molecule has 1 heterocycles. The molecule has 0 saturated carbocycles. The lowest BCUT2D eigenvalue weighted by molar-refractivity contribution is -0.141. The maximum absolute atomic E-state index is 11.5. The molecule has 0 spiro atoms. The zero-order valence-electron chi connectivity index (χ0n) is 8.77. The summed E-state index contributed by atoms with van der Waals surface area (Å²) >= 11 is 0. The lowest BCUT2D eigenvalue weighted by atomic mass is 10.3. The summed E-state index contributed by atoms with van der Waals surface area (Å²) in [5, 5.41) is 9.13. The smallest absolute Gasteiger partial charge is 0.248 e. The van der Waals surface area contributed by atoms with E-state index in [1.54, 1.807) is 0 Å². The molecule has 0 bridgehead atoms. The lowest BCUT2D eigenvalue weighted by Gasteiger charge is -2.20. The zero-order valence-corrected chi connectivity index (χ0v) is 8.77. The topological polar surface area (TPSA) is 77.9 Å². The third-order valence-electron chi connectivity index (χ3n) is 2.21. The van der Waals surface area contributed by atoms with Crippen LogP contribution in [-0.4, -0.2) is 58.9 Å². The summed E-state index contributed by atoms with van der Waals surface area (Å²) in [6, 6.07) is 0. The summed E-state index contributed by atoms with van der Waals surface area (Å²) in [4.78, 5) is 36.3. The van der Waals surface area contributed by atoms with E-state index in [-0.39, 0.29) is 19.5 Å². The molecule has 1 fully saturated rings. The van der Waals surface area contributed by atoms with Gasteiger partial charge >= 0.3 is 0 Å². The van der Waals surface area contributed by atoms with E-state index in [1.165, 1.54) is 18.9 Å². The van der Waals surface area contributed by atoms with Crippen LogP contribution in [0, 0.1) is 0 Å². The Kier molecular flexibility index (Phi) is 3.41. The zero-order chi connectivity index (χ0) is 11.6. The van der Waals surface area contributed by atoms with Crippen molar-refractivity contribution in [1.82, 2.24) is 9.80 Å². The standard InChI is InChI=1S/C9H14N2O4/c1-6(12)4-11-5-9(15)10(2)7(13)3-8(11)14/h6,12H,3-5H2,1-2H3. The first-order valence-corrected chi connectivity index (χ1v) is 4.67. The van der Waals surface area contributed by atoms with Crippen LogP contribution in [0.3, 0.4) is 0 Å². The van der Waals surface area contributed by atoms with Crippen molar-refractivity contribution in [3.8, 4) is 0 Å². The Morgan fingerprint density at radius 1 is 1.27 bits per heavy atom. The molecule has 6 nitrogen and oxygen atoms in total. The van der Waals surface area contributed by atoms with Crippen LogP contribution < -0.4 is 0 Å². The molecule has 0 aromatic carbocycles. The van der Waals surface area contributed by atoms with Crippen LogP contribution in [-0.2, 0) is 14.4 Å². The number of carbonyl (C=O) groups is 3. The van der Waals surface area contributed by atoms with Crippen LogP contribution in [0.15, 0.2) is 0 Å². The highest BCUT2D eigenvalue weighted by Gasteiger charge is 2.30. The molecule has 1 aliphatic heterocycles. The highest BCUT2D eigenvalue weighted by molar-refractivity contribution is 6.07. The van der Waals surface area contributed by atoms with Crippen molar-refractivity contribution in [2.24, 2.45) is 0 Å². The summed E-state index contributed by atoms with van der Waals surface area (Å²) in [6.07, 6.45) is -1.02. The fourth-order valence-corrected chi connectivity index (χ4v) is 1.34. The van der Waals surface area contributed by atoms with Gasteiger partial charge in [-0.2, -0.15) is 0 Å². The minimum absolute atomic E-state index is 0.0751. The van der Waals surface area contributed by atoms with Gasteiger partial charge in [-0.25, -0.2) is 0 Å². The fraction of sp³-hybridized carbons (Fsp3) is 0.667. The van der Waals surface area contributed by atoms with Crippen molar-refractivity contribution in [1.29, 1.82) is 0 Å². The molecule has 0 radical (unpaired) electrons. The van der Waals surface area contributed by atoms with Crippen LogP contribution in [0.1, 0.15) is 13.3 Å². The van der Waals surface area contributed by atoms with Gasteiger partial charge in [-0.05, 0) is 6.92 Å². The molecule has 3 amide bonds. The monoisotopic (exact) mass is 214 g/mol. The van der Waals surface area contributed by atoms with Gasteiger partial charge in [0.2, 0.25) is 17.7 Å². The van der Waals surface area contributed by atoms with Crippen LogP contribution in [0.2, 0.25) is 0 Å². The largest absolute Gasteiger partial charge is 0.392 e. The average Bonchev–Trinajstić information content (AvgIpc) is 2.20. The molecule has 1 rings (SSSR count). The Balaban J connectivity index is 2.78. The van der Waals surface area contributed by atoms with E-state index < -0.39 is 23.8 Å². The van der Waals surface area contributed by atoms with Crippen molar-refractivity contribution in [3.05, 3.63) is 0 Å². The van der Waals surface area contributed by atoms with E-state index in [9.17, 15) is 14.4 Å². The summed E-state index contributed by atoms with van der Waals surface area (Å²) < 4.78 is 0. The molecule has 1 unspecified atom stereocenters. The Bertz CT molecular complexity index is 300. The normalized spacial score (nSPS) is 20.6. The van der Waals surface area contributed by atoms with Crippen molar-refractivity contribution in [3.63, 3.8) is 0 Å². The Hall–Kier alpha value is -1.43. The SMILES string of the molecule is CC(O)CN1CC(=O)N(C)C(=O)CC1=O. The Labute approximate surface area is 87.5 Å². The summed E-state index contributed by atoms with van der Waals surface area (Å²) in [7, 11) is 1.35. The summed E-state index contributed by atoms with van der Waals surface area (Å²) in [6.45, 7) is 1.45. The number of aliphatic hydroxyl groups excluding tert-OH is 1. The van der Waals surface area contributed by atoms with Gasteiger partial charge in [0.1, 0.15) is 13.0 Å². The van der Waals surface area contributed by atoms with E-state index >= 15 is 0 Å². The molecule has 0 aliphatic carbocycles. The molecule has 6 heteroatoms. The Morgan fingerprint density at radius 2 is 1.87 bits per heavy atom. The maximum Gasteiger partial charge on any atom is 0.248 e. The van der Waals surface area contributed by atoms with Gasteiger partial charge in [0.05, 0.1) is 6.10 Å². The highest BCUT2D eigenvalue weighted by atomic mass is 16.3. The predicted molar refractivity (Wildman–Crippen MR) is 50.7 cm³/mol. The van der Waals surface area contributed by atoms with Crippen LogP contribution in [0.5, 0.6) is 0 Å². The molecule has 1 aliphatic rings. The molecule has 0 aromatic heterocycles. The van der Waals surface area contributed by atoms with Gasteiger partial charge in [-0.1, -0.05) is 0 Å². The van der Waals surface area contributed by atoms with Crippen molar-refractivity contribution in [2.45, 2.75) is 19.4 Å². The van der Waals surface area contributed by atoms with Gasteiger partial charge in [0.25, 0.3) is 0 Å². The molecule has 15 heavy (non-hydrogen) atoms. The molecule has 1 saturated heterocycles. The van der Waals surface area contributed by atoms with Crippen molar-refractivity contribution >= 4 is 17.7 Å². The number of imide groups is 1. The first-order chi connectivity index (χ1) is 6.91. The van der Waals surface area contributed by atoms with Crippen LogP contribution in [0.25, 0.3) is 0 Å². The van der Waals surface area contributed by atoms with E-state index in [2.05, 4.69) is 0 Å². The number of hydrogen-bond acceptors (Lipinski definition) is 4. The number of amides is 3. The first kappa shape index (κ1) is 11.6. The van der Waals surface area contributed by atoms with Gasteiger partial charge in [-0.3, -0.25) is 19.3 Å². The summed E-state index contributed by atoms with van der Waals surface area (Å²) in [5.41, 5.74) is 0. The second-order valence-electron chi connectivity index (χ2n) is 3.65. The number of aliphatic hydroxyl groups is 1. The van der Waals surface area contributed by atoms with Crippen molar-refractivity contribution in [2.75, 3.05) is 20.1 Å². The fourth-order valence-electron chi connectivity index (χ4n) is 1.34. The minimum Gasteiger partial charge on any atom is -0.392 e. The third kappa shape index (κ3) is 2.76. The van der Waals surface area contributed by atoms with Gasteiger partial charge < -0.3 is 10.0 Å². The van der Waals surface area contributed by atoms with Gasteiger partial charge in [0, 0.05) is 13.6 Å². The number of nitrogens with zero attached hydrogens (tertiary/aromatic N) is 2. The minimum atomic E-state index is -0.708. The first-order valence-electron chi connectivity index (χ1n) is 4.67. The van der Waals surface area contributed by atoms with Crippen molar-refractivity contribution < 1.29 is 19.5 Å². The van der Waals surface area contributed by atoms with Crippen LogP contribution in [0.4, 0.5) is 0 Å². The van der Waals surface area contributed by atoms with E-state index in [1.807, 2.05) is 0 Å². The number of hydrogen-bond donors (Lipinski definition) is 1. The average molecular weight is 214 g/mol. The summed E-state index contributed by atoms with van der Waals surface area (Å²) in [5.74, 6) is -1.34. The molecule has 84 valence electrons. The quantitative estimate of drug-likeness (QED) is 0.452. The molecular formula is C9H14N2O4. The number of rotatable bonds is 2.